The minimum Gasteiger partial charge on any atom is -0.459 e. The lowest BCUT2D eigenvalue weighted by Crippen LogP contribution is -2.39. The number of anilines is 1. The molecule has 0 spiro atoms. The quantitative estimate of drug-likeness (QED) is 0.652. The molecule has 3 rings (SSSR count). The van der Waals surface area contributed by atoms with Gasteiger partial charge in [-0.3, -0.25) is 14.4 Å². The van der Waals surface area contributed by atoms with Crippen molar-refractivity contribution in [2.24, 2.45) is 5.73 Å². The second-order valence-corrected chi connectivity index (χ2v) is 6.74. The number of nitrogens with one attached hydrogen (secondary N) is 1. The predicted molar refractivity (Wildman–Crippen MR) is 108 cm³/mol. The third-order valence-electron chi connectivity index (χ3n) is 4.62. The standard InChI is InChI=1S/C22H20FN3O4/c1-13-8-9-15(12-17(13)25-21(28)18-7-4-10-30-18)22(29)26(2)19(20(24)27)14-5-3-6-16(23)11-14/h3-12,19H,1-2H3,(H2,24,27)(H,25,28). The molecule has 1 atom stereocenters. The van der Waals surface area contributed by atoms with Crippen LogP contribution in [0.15, 0.2) is 65.3 Å². The van der Waals surface area contributed by atoms with Gasteiger partial charge < -0.3 is 20.4 Å². The second kappa shape index (κ2) is 8.60. The minimum absolute atomic E-state index is 0.128. The number of carbonyl (C=O) groups is 3. The molecule has 0 aliphatic rings. The average Bonchev–Trinajstić information content (AvgIpc) is 3.24. The molecule has 0 aliphatic heterocycles. The summed E-state index contributed by atoms with van der Waals surface area (Å²) in [5.41, 5.74) is 7.11. The van der Waals surface area contributed by atoms with Crippen molar-refractivity contribution in [2.45, 2.75) is 13.0 Å². The van der Waals surface area contributed by atoms with E-state index in [1.165, 1.54) is 43.6 Å². The molecule has 1 aromatic heterocycles. The van der Waals surface area contributed by atoms with Crippen LogP contribution < -0.4 is 11.1 Å². The zero-order valence-electron chi connectivity index (χ0n) is 16.4. The van der Waals surface area contributed by atoms with Gasteiger partial charge in [0.25, 0.3) is 11.8 Å². The number of likely N-dealkylation sites (N-methyl/N-ethyl adjacent to an activating group) is 1. The molecule has 7 nitrogen and oxygen atoms in total. The Morgan fingerprint density at radius 2 is 1.87 bits per heavy atom. The molecule has 1 heterocycles. The van der Waals surface area contributed by atoms with Crippen molar-refractivity contribution in [2.75, 3.05) is 12.4 Å². The SMILES string of the molecule is Cc1ccc(C(=O)N(C)C(C(N)=O)c2cccc(F)c2)cc1NC(=O)c1ccco1. The van der Waals surface area contributed by atoms with Crippen LogP contribution in [0.4, 0.5) is 10.1 Å². The van der Waals surface area contributed by atoms with Gasteiger partial charge in [0, 0.05) is 18.3 Å². The first-order valence-electron chi connectivity index (χ1n) is 9.05. The molecule has 0 bridgehead atoms. The van der Waals surface area contributed by atoms with Gasteiger partial charge in [-0.15, -0.1) is 0 Å². The molecule has 0 radical (unpaired) electrons. The maximum absolute atomic E-state index is 13.6. The number of rotatable bonds is 6. The molecule has 1 unspecified atom stereocenters. The maximum Gasteiger partial charge on any atom is 0.291 e. The second-order valence-electron chi connectivity index (χ2n) is 6.74. The number of amides is 3. The molecule has 8 heteroatoms. The van der Waals surface area contributed by atoms with Gasteiger partial charge in [0.05, 0.1) is 6.26 Å². The van der Waals surface area contributed by atoms with Gasteiger partial charge in [-0.2, -0.15) is 0 Å². The molecule has 3 N–H and O–H groups in total. The fraction of sp³-hybridized carbons (Fsp3) is 0.136. The van der Waals surface area contributed by atoms with Gasteiger partial charge in [-0.25, -0.2) is 4.39 Å². The van der Waals surface area contributed by atoms with E-state index >= 15 is 0 Å². The van der Waals surface area contributed by atoms with E-state index in [9.17, 15) is 18.8 Å². The molecular formula is C22H20FN3O4. The van der Waals surface area contributed by atoms with E-state index in [2.05, 4.69) is 5.32 Å². The number of hydrogen-bond acceptors (Lipinski definition) is 4. The first kappa shape index (κ1) is 20.8. The van der Waals surface area contributed by atoms with Gasteiger partial charge in [0.1, 0.15) is 11.9 Å². The van der Waals surface area contributed by atoms with Crippen LogP contribution in [0.5, 0.6) is 0 Å². The van der Waals surface area contributed by atoms with Crippen LogP contribution >= 0.6 is 0 Å². The summed E-state index contributed by atoms with van der Waals surface area (Å²) in [7, 11) is 1.41. The molecule has 3 aromatic rings. The highest BCUT2D eigenvalue weighted by Crippen LogP contribution is 2.24. The fourth-order valence-electron chi connectivity index (χ4n) is 3.06. The van der Waals surface area contributed by atoms with E-state index in [4.69, 9.17) is 10.2 Å². The molecule has 0 fully saturated rings. The lowest BCUT2D eigenvalue weighted by atomic mass is 10.0. The Morgan fingerprint density at radius 1 is 1.10 bits per heavy atom. The summed E-state index contributed by atoms with van der Waals surface area (Å²) < 4.78 is 18.7. The topological polar surface area (TPSA) is 106 Å². The first-order valence-corrected chi connectivity index (χ1v) is 9.05. The van der Waals surface area contributed by atoms with Crippen LogP contribution in [0, 0.1) is 12.7 Å². The zero-order chi connectivity index (χ0) is 21.8. The third-order valence-corrected chi connectivity index (χ3v) is 4.62. The Labute approximate surface area is 172 Å². The van der Waals surface area contributed by atoms with E-state index in [0.717, 1.165) is 16.5 Å². The molecule has 0 aliphatic carbocycles. The van der Waals surface area contributed by atoms with Gasteiger partial charge >= 0.3 is 0 Å². The van der Waals surface area contributed by atoms with Crippen molar-refractivity contribution in [3.63, 3.8) is 0 Å². The van der Waals surface area contributed by atoms with E-state index in [1.54, 1.807) is 25.1 Å². The summed E-state index contributed by atoms with van der Waals surface area (Å²) in [6.45, 7) is 1.77. The zero-order valence-corrected chi connectivity index (χ0v) is 16.4. The number of benzene rings is 2. The Kier molecular flexibility index (Phi) is 5.96. The van der Waals surface area contributed by atoms with Crippen molar-refractivity contribution in [1.82, 2.24) is 4.90 Å². The van der Waals surface area contributed by atoms with Crippen molar-refractivity contribution in [3.8, 4) is 0 Å². The van der Waals surface area contributed by atoms with Crippen LogP contribution in [0.1, 0.15) is 38.1 Å². The van der Waals surface area contributed by atoms with E-state index in [1.807, 2.05) is 0 Å². The number of aryl methyl sites for hydroxylation is 1. The summed E-state index contributed by atoms with van der Waals surface area (Å²) in [6.07, 6.45) is 1.38. The lowest BCUT2D eigenvalue weighted by Gasteiger charge is -2.26. The van der Waals surface area contributed by atoms with Crippen molar-refractivity contribution >= 4 is 23.4 Å². The Bertz CT molecular complexity index is 1100. The predicted octanol–water partition coefficient (Wildman–Crippen LogP) is 3.28. The Balaban J connectivity index is 1.88. The van der Waals surface area contributed by atoms with Gasteiger partial charge in [0.2, 0.25) is 5.91 Å². The summed E-state index contributed by atoms with van der Waals surface area (Å²) in [6, 6.07) is 12.0. The largest absolute Gasteiger partial charge is 0.459 e. The average molecular weight is 409 g/mol. The Morgan fingerprint density at radius 3 is 2.50 bits per heavy atom. The highest BCUT2D eigenvalue weighted by Gasteiger charge is 2.28. The highest BCUT2D eigenvalue weighted by molar-refractivity contribution is 6.04. The highest BCUT2D eigenvalue weighted by atomic mass is 19.1. The summed E-state index contributed by atoms with van der Waals surface area (Å²) in [4.78, 5) is 38.4. The summed E-state index contributed by atoms with van der Waals surface area (Å²) in [5.74, 6) is -2.19. The third kappa shape index (κ3) is 4.38. The molecule has 3 amide bonds. The number of hydrogen-bond donors (Lipinski definition) is 2. The fourth-order valence-corrected chi connectivity index (χ4v) is 3.06. The van der Waals surface area contributed by atoms with E-state index in [0.29, 0.717) is 5.69 Å². The normalized spacial score (nSPS) is 11.6. The maximum atomic E-state index is 13.6. The van der Waals surface area contributed by atoms with Gasteiger partial charge in [-0.1, -0.05) is 18.2 Å². The minimum atomic E-state index is -1.16. The molecule has 2 aromatic carbocycles. The number of nitrogens with two attached hydrogens (primary N) is 1. The van der Waals surface area contributed by atoms with Crippen LogP contribution in [0.3, 0.4) is 0 Å². The molecular weight excluding hydrogens is 389 g/mol. The Hall–Kier alpha value is -3.94. The van der Waals surface area contributed by atoms with Crippen molar-refractivity contribution < 1.29 is 23.2 Å². The van der Waals surface area contributed by atoms with Crippen molar-refractivity contribution in [3.05, 3.63) is 89.1 Å². The summed E-state index contributed by atoms with van der Waals surface area (Å²) in [5, 5.41) is 2.69. The van der Waals surface area contributed by atoms with E-state index in [-0.39, 0.29) is 16.9 Å². The molecule has 154 valence electrons. The number of carbonyl (C=O) groups excluding carboxylic acids is 3. The lowest BCUT2D eigenvalue weighted by molar-refractivity contribution is -0.122. The molecule has 30 heavy (non-hydrogen) atoms. The molecule has 0 saturated carbocycles. The summed E-state index contributed by atoms with van der Waals surface area (Å²) >= 11 is 0. The van der Waals surface area contributed by atoms with Crippen LogP contribution in [-0.2, 0) is 4.79 Å². The number of halogens is 1. The van der Waals surface area contributed by atoms with Crippen LogP contribution in [0.25, 0.3) is 0 Å². The number of primary amides is 1. The van der Waals surface area contributed by atoms with Gasteiger partial charge in [0.15, 0.2) is 5.76 Å². The number of furan rings is 1. The first-order chi connectivity index (χ1) is 14.3. The molecule has 0 saturated heterocycles. The smallest absolute Gasteiger partial charge is 0.291 e. The van der Waals surface area contributed by atoms with Gasteiger partial charge in [-0.05, 0) is 54.4 Å². The van der Waals surface area contributed by atoms with Crippen LogP contribution in [0.2, 0.25) is 0 Å². The monoisotopic (exact) mass is 409 g/mol. The number of nitrogens with zero attached hydrogens (tertiary/aromatic N) is 1. The van der Waals surface area contributed by atoms with E-state index < -0.39 is 29.6 Å². The van der Waals surface area contributed by atoms with Crippen LogP contribution in [-0.4, -0.2) is 29.7 Å². The van der Waals surface area contributed by atoms with Crippen molar-refractivity contribution in [1.29, 1.82) is 0 Å².